The second-order valence-corrected chi connectivity index (χ2v) is 4.02. The maximum absolute atomic E-state index is 11.4. The summed E-state index contributed by atoms with van der Waals surface area (Å²) in [5.41, 5.74) is 1.98. The Bertz CT molecular complexity index is 576. The summed E-state index contributed by atoms with van der Waals surface area (Å²) >= 11 is 0. The summed E-state index contributed by atoms with van der Waals surface area (Å²) in [5.74, 6) is 0.327. The van der Waals surface area contributed by atoms with Gasteiger partial charge in [-0.25, -0.2) is 9.48 Å². The van der Waals surface area contributed by atoms with Gasteiger partial charge in [-0.05, 0) is 24.6 Å². The van der Waals surface area contributed by atoms with E-state index in [0.717, 1.165) is 11.3 Å². The van der Waals surface area contributed by atoms with E-state index >= 15 is 0 Å². The third-order valence-corrected chi connectivity index (χ3v) is 2.85. The fourth-order valence-corrected chi connectivity index (χ4v) is 1.70. The number of carbonyl (C=O) groups is 1. The molecule has 114 valence electrons. The Labute approximate surface area is 124 Å². The summed E-state index contributed by atoms with van der Waals surface area (Å²) < 4.78 is 11.4. The molecule has 0 radical (unpaired) electrons. The summed E-state index contributed by atoms with van der Waals surface area (Å²) in [5, 5.41) is 7.79. The van der Waals surface area contributed by atoms with E-state index in [1.54, 1.807) is 18.7 Å². The van der Waals surface area contributed by atoms with Crippen LogP contribution in [-0.4, -0.2) is 35.2 Å². The Morgan fingerprint density at radius 3 is 2.33 bits per heavy atom. The highest BCUT2D eigenvalue weighted by molar-refractivity contribution is 5.88. The summed E-state index contributed by atoms with van der Waals surface area (Å²) in [7, 11) is 2.95. The lowest BCUT2D eigenvalue weighted by molar-refractivity contribution is 0.0593. The lowest BCUT2D eigenvalue weighted by Crippen LogP contribution is -2.07. The number of carbonyl (C=O) groups excluding carboxylic acids is 1. The maximum Gasteiger partial charge on any atom is 0.360 e. The molecule has 21 heavy (non-hydrogen) atoms. The molecule has 1 aromatic heterocycles. The maximum atomic E-state index is 11.4. The van der Waals surface area contributed by atoms with Crippen LogP contribution in [0, 0.1) is 6.92 Å². The van der Waals surface area contributed by atoms with Gasteiger partial charge in [-0.15, -0.1) is 5.10 Å². The van der Waals surface area contributed by atoms with Crippen LogP contribution in [0.3, 0.4) is 0 Å². The first-order valence-corrected chi connectivity index (χ1v) is 6.77. The average molecular weight is 291 g/mol. The highest BCUT2D eigenvalue weighted by Crippen LogP contribution is 2.13. The number of hydrogen-bond acceptors (Lipinski definition) is 5. The molecule has 0 bridgehead atoms. The second-order valence-electron chi connectivity index (χ2n) is 4.02. The van der Waals surface area contributed by atoms with E-state index in [1.807, 2.05) is 38.1 Å². The van der Waals surface area contributed by atoms with Crippen molar-refractivity contribution in [1.29, 1.82) is 0 Å². The van der Waals surface area contributed by atoms with Gasteiger partial charge in [-0.3, -0.25) is 0 Å². The van der Waals surface area contributed by atoms with Crippen molar-refractivity contribution < 1.29 is 14.3 Å². The van der Waals surface area contributed by atoms with Crippen LogP contribution >= 0.6 is 0 Å². The van der Waals surface area contributed by atoms with Crippen LogP contribution < -0.4 is 4.74 Å². The molecule has 0 amide bonds. The molecular weight excluding hydrogens is 270 g/mol. The monoisotopic (exact) mass is 291 g/mol. The molecule has 0 unspecified atom stereocenters. The summed E-state index contributed by atoms with van der Waals surface area (Å²) in [4.78, 5) is 11.4. The molecule has 0 saturated carbocycles. The minimum Gasteiger partial charge on any atom is -0.497 e. The van der Waals surface area contributed by atoms with Crippen LogP contribution in [0.4, 0.5) is 0 Å². The van der Waals surface area contributed by atoms with E-state index in [9.17, 15) is 4.79 Å². The minimum atomic E-state index is -0.474. The number of benzene rings is 1. The Hall–Kier alpha value is -2.37. The molecular formula is C15H21N3O3. The summed E-state index contributed by atoms with van der Waals surface area (Å²) in [6.07, 6.45) is 0. The molecule has 6 nitrogen and oxygen atoms in total. The average Bonchev–Trinajstić information content (AvgIpc) is 2.90. The zero-order valence-corrected chi connectivity index (χ0v) is 13.1. The number of methoxy groups -OCH3 is 2. The van der Waals surface area contributed by atoms with Gasteiger partial charge in [0, 0.05) is 0 Å². The molecule has 0 aliphatic carbocycles. The van der Waals surface area contributed by atoms with E-state index in [4.69, 9.17) is 4.74 Å². The van der Waals surface area contributed by atoms with Gasteiger partial charge in [0.05, 0.1) is 26.5 Å². The minimum absolute atomic E-state index is 0.246. The highest BCUT2D eigenvalue weighted by atomic mass is 16.5. The van der Waals surface area contributed by atoms with Crippen molar-refractivity contribution in [1.82, 2.24) is 15.0 Å². The fraction of sp³-hybridized carbons (Fsp3) is 0.400. The van der Waals surface area contributed by atoms with Crippen LogP contribution in [0.15, 0.2) is 24.3 Å². The van der Waals surface area contributed by atoms with Gasteiger partial charge in [-0.1, -0.05) is 31.2 Å². The van der Waals surface area contributed by atoms with Gasteiger partial charge in [0.15, 0.2) is 5.69 Å². The standard InChI is InChI=1S/C13H15N3O3.C2H6/c1-9-12(13(17)19-3)14-15-16(9)8-10-4-6-11(18-2)7-5-10;1-2/h4-7H,8H2,1-3H3;1-2H3. The Kier molecular flexibility index (Phi) is 6.39. The van der Waals surface area contributed by atoms with Gasteiger partial charge < -0.3 is 9.47 Å². The normalized spacial score (nSPS) is 9.57. The van der Waals surface area contributed by atoms with Crippen molar-refractivity contribution in [2.24, 2.45) is 0 Å². The SMILES string of the molecule is CC.COC(=O)c1nnn(Cc2ccc(OC)cc2)c1C. The largest absolute Gasteiger partial charge is 0.497 e. The molecule has 0 aliphatic heterocycles. The molecule has 2 aromatic rings. The molecule has 0 aliphatic rings. The number of nitrogens with zero attached hydrogens (tertiary/aromatic N) is 3. The van der Waals surface area contributed by atoms with Crippen molar-refractivity contribution in [2.75, 3.05) is 14.2 Å². The molecule has 0 saturated heterocycles. The Morgan fingerprint density at radius 1 is 1.19 bits per heavy atom. The third-order valence-electron chi connectivity index (χ3n) is 2.85. The number of esters is 1. The van der Waals surface area contributed by atoms with Gasteiger partial charge in [-0.2, -0.15) is 0 Å². The van der Waals surface area contributed by atoms with Crippen molar-refractivity contribution in [3.63, 3.8) is 0 Å². The van der Waals surface area contributed by atoms with Crippen molar-refractivity contribution >= 4 is 5.97 Å². The smallest absolute Gasteiger partial charge is 0.360 e. The lowest BCUT2D eigenvalue weighted by atomic mass is 10.2. The van der Waals surface area contributed by atoms with Gasteiger partial charge >= 0.3 is 5.97 Å². The quantitative estimate of drug-likeness (QED) is 0.809. The number of ether oxygens (including phenoxy) is 2. The van der Waals surface area contributed by atoms with E-state index in [-0.39, 0.29) is 5.69 Å². The number of rotatable bonds is 4. The first-order valence-electron chi connectivity index (χ1n) is 6.77. The van der Waals surface area contributed by atoms with Crippen molar-refractivity contribution in [3.8, 4) is 5.75 Å². The van der Waals surface area contributed by atoms with E-state index < -0.39 is 5.97 Å². The highest BCUT2D eigenvalue weighted by Gasteiger charge is 2.16. The molecule has 2 rings (SSSR count). The molecule has 6 heteroatoms. The molecule has 0 atom stereocenters. The Morgan fingerprint density at radius 2 is 1.81 bits per heavy atom. The zero-order chi connectivity index (χ0) is 15.8. The topological polar surface area (TPSA) is 66.2 Å². The zero-order valence-electron chi connectivity index (χ0n) is 13.1. The molecule has 0 N–H and O–H groups in total. The van der Waals surface area contributed by atoms with Crippen LogP contribution in [0.2, 0.25) is 0 Å². The molecule has 0 spiro atoms. The van der Waals surface area contributed by atoms with Crippen molar-refractivity contribution in [3.05, 3.63) is 41.2 Å². The predicted molar refractivity (Wildman–Crippen MR) is 79.5 cm³/mol. The molecule has 1 aromatic carbocycles. The number of hydrogen-bond donors (Lipinski definition) is 0. The van der Waals surface area contributed by atoms with Crippen LogP contribution in [0.5, 0.6) is 5.75 Å². The van der Waals surface area contributed by atoms with Gasteiger partial charge in [0.25, 0.3) is 0 Å². The first-order chi connectivity index (χ1) is 10.2. The Balaban J connectivity index is 0.00000106. The van der Waals surface area contributed by atoms with Gasteiger partial charge in [0.2, 0.25) is 0 Å². The van der Waals surface area contributed by atoms with Crippen LogP contribution in [0.1, 0.15) is 35.6 Å². The fourth-order valence-electron chi connectivity index (χ4n) is 1.70. The second kappa shape index (κ2) is 8.04. The predicted octanol–water partition coefficient (Wildman–Crippen LogP) is 2.46. The van der Waals surface area contributed by atoms with Gasteiger partial charge in [0.1, 0.15) is 5.75 Å². The first kappa shape index (κ1) is 16.7. The molecule has 0 fully saturated rings. The van der Waals surface area contributed by atoms with E-state index in [0.29, 0.717) is 12.2 Å². The lowest BCUT2D eigenvalue weighted by Gasteiger charge is -2.05. The summed E-state index contributed by atoms with van der Waals surface area (Å²) in [6.45, 7) is 6.33. The third kappa shape index (κ3) is 4.05. The van der Waals surface area contributed by atoms with Crippen LogP contribution in [0.25, 0.3) is 0 Å². The van der Waals surface area contributed by atoms with E-state index in [2.05, 4.69) is 15.0 Å². The van der Waals surface area contributed by atoms with Crippen LogP contribution in [-0.2, 0) is 11.3 Å². The van der Waals surface area contributed by atoms with Crippen molar-refractivity contribution in [2.45, 2.75) is 27.3 Å². The molecule has 1 heterocycles. The summed E-state index contributed by atoms with van der Waals surface area (Å²) in [6, 6.07) is 7.64. The number of aromatic nitrogens is 3. The van der Waals surface area contributed by atoms with E-state index in [1.165, 1.54) is 7.11 Å².